The minimum atomic E-state index is -0.776. The highest BCUT2D eigenvalue weighted by Crippen LogP contribution is 2.62. The number of hydrogen-bond donors (Lipinski definition) is 2. The second-order valence-electron chi connectivity index (χ2n) is 4.24. The van der Waals surface area contributed by atoms with Gasteiger partial charge in [0.2, 0.25) is 0 Å². The topological polar surface area (TPSA) is 74.6 Å². The molecule has 2 saturated carbocycles. The Labute approximate surface area is 75.6 Å². The Morgan fingerprint density at radius 1 is 1.15 bits per heavy atom. The van der Waals surface area contributed by atoms with Gasteiger partial charge in [0, 0.05) is 0 Å². The van der Waals surface area contributed by atoms with Gasteiger partial charge in [-0.25, -0.2) is 0 Å². The van der Waals surface area contributed by atoms with Crippen LogP contribution < -0.4 is 0 Å². The van der Waals surface area contributed by atoms with Crippen LogP contribution in [-0.4, -0.2) is 22.2 Å². The van der Waals surface area contributed by atoms with E-state index in [1.54, 1.807) is 0 Å². The van der Waals surface area contributed by atoms with Crippen LogP contribution in [0.1, 0.15) is 25.7 Å². The Hall–Kier alpha value is -1.06. The van der Waals surface area contributed by atoms with E-state index in [2.05, 4.69) is 0 Å². The molecule has 0 radical (unpaired) electrons. The van der Waals surface area contributed by atoms with Gasteiger partial charge in [-0.2, -0.15) is 0 Å². The molecule has 0 saturated heterocycles. The maximum atomic E-state index is 10.7. The van der Waals surface area contributed by atoms with Gasteiger partial charge in [0.05, 0.1) is 11.8 Å². The molecule has 0 aromatic heterocycles. The third-order valence-electron chi connectivity index (χ3n) is 3.62. The first-order chi connectivity index (χ1) is 6.05. The van der Waals surface area contributed by atoms with E-state index >= 15 is 0 Å². The number of carboxylic acid groups (broad SMARTS) is 2. The molecule has 0 aromatic rings. The second-order valence-corrected chi connectivity index (χ2v) is 4.24. The summed E-state index contributed by atoms with van der Waals surface area (Å²) in [5, 5.41) is 17.5. The van der Waals surface area contributed by atoms with E-state index in [4.69, 9.17) is 10.2 Å². The van der Waals surface area contributed by atoms with Gasteiger partial charge in [-0.3, -0.25) is 9.59 Å². The SMILES string of the molecule is O=C(O)C1CC2(CCC2C(=O)O)C1. The first-order valence-corrected chi connectivity index (χ1v) is 4.51. The highest BCUT2D eigenvalue weighted by Gasteiger charge is 2.59. The highest BCUT2D eigenvalue weighted by molar-refractivity contribution is 5.76. The van der Waals surface area contributed by atoms with E-state index in [9.17, 15) is 9.59 Å². The molecule has 0 amide bonds. The highest BCUT2D eigenvalue weighted by atomic mass is 16.4. The fourth-order valence-corrected chi connectivity index (χ4v) is 2.67. The van der Waals surface area contributed by atoms with Gasteiger partial charge in [0.1, 0.15) is 0 Å². The van der Waals surface area contributed by atoms with E-state index in [0.717, 1.165) is 12.8 Å². The summed E-state index contributed by atoms with van der Waals surface area (Å²) in [6, 6.07) is 0. The quantitative estimate of drug-likeness (QED) is 0.670. The van der Waals surface area contributed by atoms with Crippen molar-refractivity contribution in [3.05, 3.63) is 0 Å². The van der Waals surface area contributed by atoms with E-state index < -0.39 is 11.9 Å². The van der Waals surface area contributed by atoms with E-state index in [0.29, 0.717) is 12.8 Å². The first-order valence-electron chi connectivity index (χ1n) is 4.51. The summed E-state index contributed by atoms with van der Waals surface area (Å²) in [5.74, 6) is -2.10. The van der Waals surface area contributed by atoms with Gasteiger partial charge in [-0.05, 0) is 31.1 Å². The second kappa shape index (κ2) is 2.47. The van der Waals surface area contributed by atoms with Gasteiger partial charge in [0.15, 0.2) is 0 Å². The van der Waals surface area contributed by atoms with E-state index in [-0.39, 0.29) is 17.3 Å². The van der Waals surface area contributed by atoms with Crippen LogP contribution in [0, 0.1) is 17.3 Å². The minimum Gasteiger partial charge on any atom is -0.481 e. The Kier molecular flexibility index (Phi) is 1.62. The molecule has 4 heteroatoms. The molecule has 0 aromatic carbocycles. The van der Waals surface area contributed by atoms with Crippen LogP contribution in [-0.2, 0) is 9.59 Å². The fourth-order valence-electron chi connectivity index (χ4n) is 2.67. The molecule has 0 bridgehead atoms. The number of carboxylic acids is 2. The molecule has 2 N–H and O–H groups in total. The standard InChI is InChI=1S/C9H12O4/c10-7(11)5-3-9(4-5)2-1-6(9)8(12)13/h5-6H,1-4H2,(H,10,11)(H,12,13). The molecular formula is C9H12O4. The zero-order valence-electron chi connectivity index (χ0n) is 7.19. The van der Waals surface area contributed by atoms with Crippen molar-refractivity contribution in [1.29, 1.82) is 0 Å². The Balaban J connectivity index is 1.97. The molecule has 4 nitrogen and oxygen atoms in total. The normalized spacial score (nSPS) is 42.2. The van der Waals surface area contributed by atoms with Gasteiger partial charge in [-0.1, -0.05) is 0 Å². The largest absolute Gasteiger partial charge is 0.481 e. The molecule has 0 heterocycles. The monoisotopic (exact) mass is 184 g/mol. The molecule has 13 heavy (non-hydrogen) atoms. The van der Waals surface area contributed by atoms with Crippen LogP contribution in [0.2, 0.25) is 0 Å². The van der Waals surface area contributed by atoms with Crippen molar-refractivity contribution in [3.63, 3.8) is 0 Å². The van der Waals surface area contributed by atoms with Crippen molar-refractivity contribution in [3.8, 4) is 0 Å². The maximum Gasteiger partial charge on any atom is 0.307 e. The predicted octanol–water partition coefficient (Wildman–Crippen LogP) is 0.962. The van der Waals surface area contributed by atoms with Crippen LogP contribution in [0.25, 0.3) is 0 Å². The minimum absolute atomic E-state index is 0.144. The molecular weight excluding hydrogens is 172 g/mol. The number of hydrogen-bond acceptors (Lipinski definition) is 2. The molecule has 1 spiro atoms. The smallest absolute Gasteiger partial charge is 0.307 e. The van der Waals surface area contributed by atoms with Crippen molar-refractivity contribution < 1.29 is 19.8 Å². The van der Waals surface area contributed by atoms with Crippen molar-refractivity contribution in [2.45, 2.75) is 25.7 Å². The molecule has 1 unspecified atom stereocenters. The lowest BCUT2D eigenvalue weighted by molar-refractivity contribution is -0.177. The molecule has 2 rings (SSSR count). The molecule has 2 aliphatic rings. The summed E-state index contributed by atoms with van der Waals surface area (Å²) in [6.45, 7) is 0. The summed E-state index contributed by atoms with van der Waals surface area (Å²) in [7, 11) is 0. The van der Waals surface area contributed by atoms with Crippen molar-refractivity contribution in [2.75, 3.05) is 0 Å². The third kappa shape index (κ3) is 1.04. The van der Waals surface area contributed by atoms with Gasteiger partial charge in [0.25, 0.3) is 0 Å². The van der Waals surface area contributed by atoms with Crippen LogP contribution in [0.15, 0.2) is 0 Å². The summed E-state index contributed by atoms with van der Waals surface area (Å²) in [6.07, 6.45) is 2.76. The van der Waals surface area contributed by atoms with Crippen LogP contribution in [0.5, 0.6) is 0 Å². The molecule has 0 aliphatic heterocycles. The van der Waals surface area contributed by atoms with E-state index in [1.165, 1.54) is 0 Å². The first kappa shape index (κ1) is 8.53. The molecule has 72 valence electrons. The Bertz CT molecular complexity index is 265. The molecule has 1 atom stereocenters. The zero-order chi connectivity index (χ0) is 9.64. The fraction of sp³-hybridized carbons (Fsp3) is 0.778. The van der Waals surface area contributed by atoms with E-state index in [1.807, 2.05) is 0 Å². The maximum absolute atomic E-state index is 10.7. The third-order valence-corrected chi connectivity index (χ3v) is 3.62. The Morgan fingerprint density at radius 3 is 2.08 bits per heavy atom. The van der Waals surface area contributed by atoms with Crippen LogP contribution >= 0.6 is 0 Å². The van der Waals surface area contributed by atoms with Crippen LogP contribution in [0.3, 0.4) is 0 Å². The van der Waals surface area contributed by atoms with Gasteiger partial charge < -0.3 is 10.2 Å². The zero-order valence-corrected chi connectivity index (χ0v) is 7.19. The Morgan fingerprint density at radius 2 is 1.77 bits per heavy atom. The number of rotatable bonds is 2. The predicted molar refractivity (Wildman–Crippen MR) is 43.2 cm³/mol. The van der Waals surface area contributed by atoms with Gasteiger partial charge >= 0.3 is 11.9 Å². The summed E-state index contributed by atoms with van der Waals surface area (Å²) in [5.41, 5.74) is -0.144. The lowest BCUT2D eigenvalue weighted by Gasteiger charge is -2.56. The average molecular weight is 184 g/mol. The summed E-state index contributed by atoms with van der Waals surface area (Å²) in [4.78, 5) is 21.3. The lowest BCUT2D eigenvalue weighted by Crippen LogP contribution is -2.54. The number of aliphatic carboxylic acids is 2. The molecule has 2 aliphatic carbocycles. The van der Waals surface area contributed by atoms with Crippen LogP contribution in [0.4, 0.5) is 0 Å². The summed E-state index contributed by atoms with van der Waals surface area (Å²) >= 11 is 0. The van der Waals surface area contributed by atoms with Gasteiger partial charge in [-0.15, -0.1) is 0 Å². The van der Waals surface area contributed by atoms with Crippen molar-refractivity contribution in [2.24, 2.45) is 17.3 Å². The van der Waals surface area contributed by atoms with Crippen molar-refractivity contribution in [1.82, 2.24) is 0 Å². The number of carbonyl (C=O) groups is 2. The summed E-state index contributed by atoms with van der Waals surface area (Å²) < 4.78 is 0. The molecule has 2 fully saturated rings. The lowest BCUT2D eigenvalue weighted by atomic mass is 9.46. The van der Waals surface area contributed by atoms with Crippen molar-refractivity contribution >= 4 is 11.9 Å². The average Bonchev–Trinajstić information content (AvgIpc) is 1.78.